The molecular formula is C22H23N3O2. The van der Waals surface area contributed by atoms with E-state index in [0.29, 0.717) is 13.2 Å². The Balaban J connectivity index is 1.38. The summed E-state index contributed by atoms with van der Waals surface area (Å²) >= 11 is 0. The number of rotatable bonds is 9. The van der Waals surface area contributed by atoms with Crippen LogP contribution in [0.1, 0.15) is 17.5 Å². The third-order valence-corrected chi connectivity index (χ3v) is 4.01. The molecule has 0 aliphatic rings. The molecule has 0 bridgehead atoms. The van der Waals surface area contributed by atoms with Gasteiger partial charge in [0, 0.05) is 31.6 Å². The minimum Gasteiger partial charge on any atom is -0.489 e. The molecule has 0 spiro atoms. The molecule has 0 aliphatic heterocycles. The SMILES string of the molecule is O=C(/C=C/c1ccc(OCc2ccccc2)cc1)NCCCn1ccnc1. The van der Waals surface area contributed by atoms with E-state index in [0.717, 1.165) is 29.8 Å². The largest absolute Gasteiger partial charge is 0.489 e. The van der Waals surface area contributed by atoms with Gasteiger partial charge in [0.05, 0.1) is 6.33 Å². The van der Waals surface area contributed by atoms with Gasteiger partial charge in [-0.1, -0.05) is 42.5 Å². The van der Waals surface area contributed by atoms with Gasteiger partial charge in [0.15, 0.2) is 0 Å². The number of benzene rings is 2. The topological polar surface area (TPSA) is 56.1 Å². The van der Waals surface area contributed by atoms with E-state index >= 15 is 0 Å². The Labute approximate surface area is 159 Å². The van der Waals surface area contributed by atoms with E-state index in [2.05, 4.69) is 10.3 Å². The summed E-state index contributed by atoms with van der Waals surface area (Å²) < 4.78 is 7.75. The van der Waals surface area contributed by atoms with Crippen LogP contribution in [0, 0.1) is 0 Å². The van der Waals surface area contributed by atoms with Gasteiger partial charge in [0.25, 0.3) is 0 Å². The van der Waals surface area contributed by atoms with Crippen molar-refractivity contribution < 1.29 is 9.53 Å². The first-order chi connectivity index (χ1) is 13.3. The molecule has 27 heavy (non-hydrogen) atoms. The van der Waals surface area contributed by atoms with Crippen LogP contribution in [0.5, 0.6) is 5.75 Å². The van der Waals surface area contributed by atoms with Gasteiger partial charge in [0.1, 0.15) is 12.4 Å². The smallest absolute Gasteiger partial charge is 0.244 e. The van der Waals surface area contributed by atoms with Crippen LogP contribution in [-0.2, 0) is 17.9 Å². The Morgan fingerprint density at radius 2 is 1.93 bits per heavy atom. The molecule has 2 aromatic carbocycles. The summed E-state index contributed by atoms with van der Waals surface area (Å²) in [5, 5.41) is 2.88. The zero-order valence-corrected chi connectivity index (χ0v) is 15.1. The minimum absolute atomic E-state index is 0.0926. The summed E-state index contributed by atoms with van der Waals surface area (Å²) in [6, 6.07) is 17.7. The highest BCUT2D eigenvalue weighted by molar-refractivity contribution is 5.91. The Morgan fingerprint density at radius 1 is 1.11 bits per heavy atom. The lowest BCUT2D eigenvalue weighted by Gasteiger charge is -2.06. The summed E-state index contributed by atoms with van der Waals surface area (Å²) in [6.45, 7) is 2.01. The maximum absolute atomic E-state index is 11.9. The van der Waals surface area contributed by atoms with Crippen LogP contribution in [0.2, 0.25) is 0 Å². The number of imidazole rings is 1. The third-order valence-electron chi connectivity index (χ3n) is 4.01. The van der Waals surface area contributed by atoms with Crippen molar-refractivity contribution in [3.05, 3.63) is 90.5 Å². The minimum atomic E-state index is -0.0926. The second-order valence-electron chi connectivity index (χ2n) is 6.12. The molecule has 0 fully saturated rings. The standard InChI is InChI=1S/C22H23N3O2/c26-22(24-13-4-15-25-16-14-23-18-25)12-9-19-7-10-21(11-8-19)27-17-20-5-2-1-3-6-20/h1-3,5-12,14,16,18H,4,13,15,17H2,(H,24,26)/b12-9+. The maximum atomic E-state index is 11.9. The molecule has 3 aromatic rings. The van der Waals surface area contributed by atoms with Crippen molar-refractivity contribution in [3.63, 3.8) is 0 Å². The molecule has 1 amide bonds. The average Bonchev–Trinajstić information content (AvgIpc) is 3.23. The van der Waals surface area contributed by atoms with Gasteiger partial charge >= 0.3 is 0 Å². The molecule has 3 rings (SSSR count). The zero-order valence-electron chi connectivity index (χ0n) is 15.1. The van der Waals surface area contributed by atoms with Gasteiger partial charge < -0.3 is 14.6 Å². The Bertz CT molecular complexity index is 841. The molecule has 5 nitrogen and oxygen atoms in total. The molecule has 0 aliphatic carbocycles. The number of hydrogen-bond donors (Lipinski definition) is 1. The highest BCUT2D eigenvalue weighted by Crippen LogP contribution is 2.15. The summed E-state index contributed by atoms with van der Waals surface area (Å²) in [4.78, 5) is 15.8. The van der Waals surface area contributed by atoms with E-state index in [9.17, 15) is 4.79 Å². The van der Waals surface area contributed by atoms with Crippen molar-refractivity contribution in [2.75, 3.05) is 6.54 Å². The maximum Gasteiger partial charge on any atom is 0.244 e. The van der Waals surface area contributed by atoms with Crippen LogP contribution in [-0.4, -0.2) is 22.0 Å². The summed E-state index contributed by atoms with van der Waals surface area (Å²) in [7, 11) is 0. The molecule has 138 valence electrons. The fourth-order valence-electron chi connectivity index (χ4n) is 2.54. The van der Waals surface area contributed by atoms with Crippen molar-refractivity contribution in [1.29, 1.82) is 0 Å². The van der Waals surface area contributed by atoms with Crippen LogP contribution in [0.15, 0.2) is 79.4 Å². The normalized spacial score (nSPS) is 10.8. The van der Waals surface area contributed by atoms with Crippen LogP contribution in [0.3, 0.4) is 0 Å². The van der Waals surface area contributed by atoms with Crippen LogP contribution in [0.4, 0.5) is 0 Å². The summed E-state index contributed by atoms with van der Waals surface area (Å²) in [5.74, 6) is 0.713. The van der Waals surface area contributed by atoms with Gasteiger partial charge in [-0.25, -0.2) is 4.98 Å². The summed E-state index contributed by atoms with van der Waals surface area (Å²) in [5.41, 5.74) is 2.09. The number of hydrogen-bond acceptors (Lipinski definition) is 3. The van der Waals surface area contributed by atoms with Crippen LogP contribution < -0.4 is 10.1 Å². The first-order valence-electron chi connectivity index (χ1n) is 8.98. The van der Waals surface area contributed by atoms with Crippen molar-refractivity contribution in [3.8, 4) is 5.75 Å². The molecule has 1 aromatic heterocycles. The van der Waals surface area contributed by atoms with Gasteiger partial charge in [0.2, 0.25) is 5.91 Å². The fraction of sp³-hybridized carbons (Fsp3) is 0.182. The average molecular weight is 361 g/mol. The Hall–Kier alpha value is -3.34. The van der Waals surface area contributed by atoms with Crippen molar-refractivity contribution in [2.24, 2.45) is 0 Å². The predicted molar refractivity (Wildman–Crippen MR) is 106 cm³/mol. The highest BCUT2D eigenvalue weighted by atomic mass is 16.5. The zero-order chi connectivity index (χ0) is 18.7. The molecule has 0 saturated carbocycles. The number of nitrogens with one attached hydrogen (secondary N) is 1. The first kappa shape index (κ1) is 18.5. The second kappa shape index (κ2) is 9.97. The van der Waals surface area contributed by atoms with Gasteiger partial charge in [-0.2, -0.15) is 0 Å². The van der Waals surface area contributed by atoms with Crippen molar-refractivity contribution >= 4 is 12.0 Å². The van der Waals surface area contributed by atoms with Gasteiger partial charge in [-0.15, -0.1) is 0 Å². The van der Waals surface area contributed by atoms with Crippen molar-refractivity contribution in [1.82, 2.24) is 14.9 Å². The molecule has 0 saturated heterocycles. The molecule has 1 N–H and O–H groups in total. The highest BCUT2D eigenvalue weighted by Gasteiger charge is 1.98. The molecular weight excluding hydrogens is 338 g/mol. The number of aryl methyl sites for hydroxylation is 1. The predicted octanol–water partition coefficient (Wildman–Crippen LogP) is 3.68. The van der Waals surface area contributed by atoms with Gasteiger partial charge in [-0.05, 0) is 35.8 Å². The lowest BCUT2D eigenvalue weighted by molar-refractivity contribution is -0.116. The monoisotopic (exact) mass is 361 g/mol. The number of carbonyl (C=O) groups excluding carboxylic acids is 1. The number of carbonyl (C=O) groups is 1. The van der Waals surface area contributed by atoms with E-state index in [1.165, 1.54) is 0 Å². The third kappa shape index (κ3) is 6.47. The molecule has 0 atom stereocenters. The number of nitrogens with zero attached hydrogens (tertiary/aromatic N) is 2. The van der Waals surface area contributed by atoms with E-state index in [1.807, 2.05) is 65.4 Å². The van der Waals surface area contributed by atoms with E-state index in [-0.39, 0.29) is 5.91 Å². The summed E-state index contributed by atoms with van der Waals surface area (Å²) in [6.07, 6.45) is 9.65. The lowest BCUT2D eigenvalue weighted by Crippen LogP contribution is -2.22. The van der Waals surface area contributed by atoms with E-state index in [4.69, 9.17) is 4.74 Å². The fourth-order valence-corrected chi connectivity index (χ4v) is 2.54. The molecule has 5 heteroatoms. The van der Waals surface area contributed by atoms with Crippen LogP contribution in [0.25, 0.3) is 6.08 Å². The molecule has 0 unspecified atom stereocenters. The lowest BCUT2D eigenvalue weighted by atomic mass is 10.2. The quantitative estimate of drug-likeness (QED) is 0.467. The Kier molecular flexibility index (Phi) is 6.81. The van der Waals surface area contributed by atoms with E-state index < -0.39 is 0 Å². The van der Waals surface area contributed by atoms with E-state index in [1.54, 1.807) is 24.7 Å². The second-order valence-corrected chi connectivity index (χ2v) is 6.12. The van der Waals surface area contributed by atoms with Gasteiger partial charge in [-0.3, -0.25) is 4.79 Å². The Morgan fingerprint density at radius 3 is 2.67 bits per heavy atom. The number of aromatic nitrogens is 2. The molecule has 1 heterocycles. The van der Waals surface area contributed by atoms with Crippen molar-refractivity contribution in [2.45, 2.75) is 19.6 Å². The van der Waals surface area contributed by atoms with Crippen LogP contribution >= 0.6 is 0 Å². The number of ether oxygens (including phenoxy) is 1. The first-order valence-corrected chi connectivity index (χ1v) is 8.98. The number of amides is 1. The molecule has 0 radical (unpaired) electrons.